The highest BCUT2D eigenvalue weighted by molar-refractivity contribution is 9.10. The molecule has 110 valence electrons. The average molecular weight is 374 g/mol. The van der Waals surface area contributed by atoms with Crippen LogP contribution >= 0.6 is 15.9 Å². The highest BCUT2D eigenvalue weighted by Crippen LogP contribution is 2.35. The fourth-order valence-electron chi connectivity index (χ4n) is 2.30. The lowest BCUT2D eigenvalue weighted by Crippen LogP contribution is -2.27. The van der Waals surface area contributed by atoms with Crippen molar-refractivity contribution in [1.82, 2.24) is 9.97 Å². The summed E-state index contributed by atoms with van der Waals surface area (Å²) < 4.78 is 35.5. The molecular weight excluding hydrogens is 365 g/mol. The summed E-state index contributed by atoms with van der Waals surface area (Å²) in [7, 11) is -4.74. The molecule has 3 rings (SSSR count). The lowest BCUT2D eigenvalue weighted by molar-refractivity contribution is -0.117. The molecule has 0 bridgehead atoms. The van der Waals surface area contributed by atoms with Crippen molar-refractivity contribution < 1.29 is 17.1 Å². The lowest BCUT2D eigenvalue weighted by atomic mass is 10.2. The molecule has 2 aromatic rings. The third-order valence-electron chi connectivity index (χ3n) is 3.34. The van der Waals surface area contributed by atoms with Crippen LogP contribution in [0, 0.1) is 0 Å². The smallest absolute Gasteiger partial charge is 0.307 e. The molecule has 1 aliphatic rings. The van der Waals surface area contributed by atoms with Crippen LogP contribution in [0.2, 0.25) is 0 Å². The maximum Gasteiger partial charge on any atom is 0.307 e. The topological polar surface area (TPSA) is 80.2 Å². The van der Waals surface area contributed by atoms with Gasteiger partial charge in [0.25, 0.3) is 0 Å². The molecule has 1 atom stereocenters. The van der Waals surface area contributed by atoms with Gasteiger partial charge in [-0.2, -0.15) is 8.42 Å². The summed E-state index contributed by atoms with van der Waals surface area (Å²) in [5, 5.41) is -1.32. The number of carbonyl (C=O) groups is 1. The van der Waals surface area contributed by atoms with Crippen LogP contribution in [0.3, 0.4) is 0 Å². The first-order valence-corrected chi connectivity index (χ1v) is 8.25. The van der Waals surface area contributed by atoms with Gasteiger partial charge in [-0.15, -0.1) is 3.89 Å². The van der Waals surface area contributed by atoms with Crippen LogP contribution in [-0.2, 0) is 15.0 Å². The van der Waals surface area contributed by atoms with E-state index in [1.807, 2.05) is 0 Å². The van der Waals surface area contributed by atoms with E-state index in [0.29, 0.717) is 21.2 Å². The van der Waals surface area contributed by atoms with Gasteiger partial charge in [-0.25, -0.2) is 0 Å². The van der Waals surface area contributed by atoms with Gasteiger partial charge in [0.05, 0.1) is 15.7 Å². The van der Waals surface area contributed by atoms with Crippen molar-refractivity contribution in [3.05, 3.63) is 29.0 Å². The molecule has 1 fully saturated rings. The number of hydrogen-bond acceptors (Lipinski definition) is 5. The highest BCUT2D eigenvalue weighted by Gasteiger charge is 2.39. The van der Waals surface area contributed by atoms with Crippen LogP contribution in [0.25, 0.3) is 11.0 Å². The van der Waals surface area contributed by atoms with E-state index < -0.39 is 21.4 Å². The Labute approximate surface area is 128 Å². The van der Waals surface area contributed by atoms with Crippen LogP contribution in [0.15, 0.2) is 29.0 Å². The van der Waals surface area contributed by atoms with Crippen molar-refractivity contribution in [3.8, 4) is 0 Å². The second-order valence-electron chi connectivity index (χ2n) is 4.63. The SMILES string of the molecule is O=C1CC(S(=O)(=O)F)CN1c1ccc2nccnc2c1Br. The predicted octanol–water partition coefficient (Wildman–Crippen LogP) is 1.80. The summed E-state index contributed by atoms with van der Waals surface area (Å²) in [5.74, 6) is -0.440. The molecule has 0 radical (unpaired) electrons. The van der Waals surface area contributed by atoms with Gasteiger partial charge in [0.2, 0.25) is 5.91 Å². The Hall–Kier alpha value is -1.61. The number of anilines is 1. The predicted molar refractivity (Wildman–Crippen MR) is 78.0 cm³/mol. The maximum absolute atomic E-state index is 13.1. The Bertz CT molecular complexity index is 843. The normalized spacial score (nSPS) is 19.4. The first-order valence-electron chi connectivity index (χ1n) is 6.01. The Morgan fingerprint density at radius 2 is 2.00 bits per heavy atom. The van der Waals surface area contributed by atoms with Gasteiger partial charge in [-0.1, -0.05) is 0 Å². The summed E-state index contributed by atoms with van der Waals surface area (Å²) >= 11 is 3.35. The van der Waals surface area contributed by atoms with Crippen LogP contribution in [0.1, 0.15) is 6.42 Å². The van der Waals surface area contributed by atoms with Gasteiger partial charge < -0.3 is 4.90 Å². The zero-order valence-corrected chi connectivity index (χ0v) is 12.9. The number of carbonyl (C=O) groups excluding carboxylic acids is 1. The van der Waals surface area contributed by atoms with E-state index in [1.165, 1.54) is 11.1 Å². The minimum absolute atomic E-state index is 0.206. The molecule has 21 heavy (non-hydrogen) atoms. The van der Waals surface area contributed by atoms with Crippen molar-refractivity contribution in [2.75, 3.05) is 11.4 Å². The number of halogens is 2. The molecule has 0 spiro atoms. The average Bonchev–Trinajstić information content (AvgIpc) is 2.82. The minimum atomic E-state index is -4.74. The van der Waals surface area contributed by atoms with Crippen molar-refractivity contribution in [1.29, 1.82) is 0 Å². The zero-order chi connectivity index (χ0) is 15.2. The fourth-order valence-corrected chi connectivity index (χ4v) is 3.62. The molecule has 1 saturated heterocycles. The minimum Gasteiger partial charge on any atom is -0.310 e. The largest absolute Gasteiger partial charge is 0.310 e. The molecule has 9 heteroatoms. The molecule has 0 N–H and O–H groups in total. The van der Waals surface area contributed by atoms with Crippen LogP contribution in [-0.4, -0.2) is 36.1 Å². The van der Waals surface area contributed by atoms with Crippen LogP contribution < -0.4 is 4.90 Å². The van der Waals surface area contributed by atoms with Gasteiger partial charge in [0.15, 0.2) is 0 Å². The number of fused-ring (bicyclic) bond motifs is 1. The Balaban J connectivity index is 2.05. The summed E-state index contributed by atoms with van der Waals surface area (Å²) in [5.41, 5.74) is 1.64. The molecule has 6 nitrogen and oxygen atoms in total. The summed E-state index contributed by atoms with van der Waals surface area (Å²) in [6, 6.07) is 3.30. The van der Waals surface area contributed by atoms with Crippen molar-refractivity contribution in [2.45, 2.75) is 11.7 Å². The van der Waals surface area contributed by atoms with Gasteiger partial charge in [0, 0.05) is 25.4 Å². The first-order chi connectivity index (χ1) is 9.88. The summed E-state index contributed by atoms with van der Waals surface area (Å²) in [6.07, 6.45) is 2.70. The number of benzene rings is 1. The van der Waals surface area contributed by atoms with Gasteiger partial charge >= 0.3 is 10.2 Å². The van der Waals surface area contributed by atoms with Gasteiger partial charge in [0.1, 0.15) is 10.8 Å². The van der Waals surface area contributed by atoms with Crippen molar-refractivity contribution in [2.24, 2.45) is 0 Å². The van der Waals surface area contributed by atoms with E-state index >= 15 is 0 Å². The molecule has 1 amide bonds. The van der Waals surface area contributed by atoms with E-state index in [9.17, 15) is 17.1 Å². The number of amides is 1. The molecule has 0 saturated carbocycles. The fraction of sp³-hybridized carbons (Fsp3) is 0.250. The van der Waals surface area contributed by atoms with Crippen molar-refractivity contribution >= 4 is 48.8 Å². The zero-order valence-electron chi connectivity index (χ0n) is 10.5. The molecule has 2 heterocycles. The van der Waals surface area contributed by atoms with E-state index in [2.05, 4.69) is 25.9 Å². The molecule has 1 aromatic heterocycles. The second kappa shape index (κ2) is 4.99. The lowest BCUT2D eigenvalue weighted by Gasteiger charge is -2.18. The molecule has 1 aromatic carbocycles. The quantitative estimate of drug-likeness (QED) is 0.749. The number of hydrogen-bond donors (Lipinski definition) is 0. The summed E-state index contributed by atoms with van der Waals surface area (Å²) in [6.45, 7) is -0.206. The molecule has 1 aliphatic heterocycles. The van der Waals surface area contributed by atoms with Crippen LogP contribution in [0.4, 0.5) is 9.57 Å². The highest BCUT2D eigenvalue weighted by atomic mass is 79.9. The Morgan fingerprint density at radius 1 is 1.29 bits per heavy atom. The maximum atomic E-state index is 13.1. The standard InChI is InChI=1S/C12H9BrFN3O3S/c13-11-9(2-1-8-12(11)16-4-3-15-8)17-6-7(5-10(17)18)21(14,19)20/h1-4,7H,5-6H2. The molecular formula is C12H9BrFN3O3S. The summed E-state index contributed by atoms with van der Waals surface area (Å²) in [4.78, 5) is 21.5. The van der Waals surface area contributed by atoms with E-state index in [4.69, 9.17) is 0 Å². The number of nitrogens with zero attached hydrogens (tertiary/aromatic N) is 3. The number of rotatable bonds is 2. The first kappa shape index (κ1) is 14.3. The Kier molecular flexibility index (Phi) is 3.40. The third-order valence-corrected chi connectivity index (χ3v) is 5.23. The molecule has 0 aliphatic carbocycles. The van der Waals surface area contributed by atoms with E-state index in [-0.39, 0.29) is 13.0 Å². The van der Waals surface area contributed by atoms with Gasteiger partial charge in [-0.05, 0) is 28.1 Å². The monoisotopic (exact) mass is 373 g/mol. The van der Waals surface area contributed by atoms with Gasteiger partial charge in [-0.3, -0.25) is 14.8 Å². The van der Waals surface area contributed by atoms with E-state index in [0.717, 1.165) is 0 Å². The molecule has 1 unspecified atom stereocenters. The Morgan fingerprint density at radius 3 is 2.67 bits per heavy atom. The van der Waals surface area contributed by atoms with Crippen LogP contribution in [0.5, 0.6) is 0 Å². The number of aromatic nitrogens is 2. The third kappa shape index (κ3) is 2.51. The van der Waals surface area contributed by atoms with Crippen molar-refractivity contribution in [3.63, 3.8) is 0 Å². The van der Waals surface area contributed by atoms with E-state index in [1.54, 1.807) is 18.3 Å². The second-order valence-corrected chi connectivity index (χ2v) is 7.04.